The van der Waals surface area contributed by atoms with Crippen LogP contribution < -0.4 is 10.6 Å². The lowest BCUT2D eigenvalue weighted by Crippen LogP contribution is -2.39. The molecular weight excluding hydrogens is 286 g/mol. The molecule has 0 aromatic carbocycles. The maximum Gasteiger partial charge on any atom is 0.343 e. The van der Waals surface area contributed by atoms with Gasteiger partial charge in [-0.15, -0.1) is 11.3 Å². The number of nitrogen functional groups attached to an aromatic ring is 1. The lowest BCUT2D eigenvalue weighted by atomic mass is 9.92. The number of hydrogen-bond acceptors (Lipinski definition) is 6. The first-order valence-corrected chi connectivity index (χ1v) is 8.03. The van der Waals surface area contributed by atoms with Crippen LogP contribution in [0.3, 0.4) is 0 Å². The fourth-order valence-electron chi connectivity index (χ4n) is 2.97. The summed E-state index contributed by atoms with van der Waals surface area (Å²) < 4.78 is 5.10. The number of esters is 1. The third-order valence-electron chi connectivity index (χ3n) is 3.66. The molecule has 0 spiro atoms. The Labute approximate surface area is 129 Å². The van der Waals surface area contributed by atoms with Crippen LogP contribution in [0.25, 0.3) is 0 Å². The number of carbonyl (C=O) groups excluding carboxylic acids is 1. The van der Waals surface area contributed by atoms with E-state index in [-0.39, 0.29) is 5.69 Å². The third-order valence-corrected chi connectivity index (χ3v) is 4.83. The summed E-state index contributed by atoms with van der Waals surface area (Å²) in [5.74, 6) is 0.670. The molecule has 0 bridgehead atoms. The number of nitrogens with zero attached hydrogens (tertiary/aromatic N) is 2. The standard InChI is InChI=1S/C15H21N3O2S/c1-4-20-15(19)12-13(17)11(6-16)21-14(12)18-7-9(2)5-10(3)8-18/h9-10H,4-5,7-8,17H2,1-3H3. The summed E-state index contributed by atoms with van der Waals surface area (Å²) in [5.41, 5.74) is 6.59. The summed E-state index contributed by atoms with van der Waals surface area (Å²) in [6.45, 7) is 8.21. The molecule has 0 amide bonds. The number of rotatable bonds is 3. The number of nitrogens with two attached hydrogens (primary N) is 1. The highest BCUT2D eigenvalue weighted by Gasteiger charge is 2.30. The summed E-state index contributed by atoms with van der Waals surface area (Å²) in [6, 6.07) is 2.07. The van der Waals surface area contributed by atoms with Gasteiger partial charge in [0.25, 0.3) is 0 Å². The molecule has 2 heterocycles. The van der Waals surface area contributed by atoms with Gasteiger partial charge in [0.1, 0.15) is 21.5 Å². The van der Waals surface area contributed by atoms with Crippen molar-refractivity contribution in [1.82, 2.24) is 0 Å². The van der Waals surface area contributed by atoms with Crippen molar-refractivity contribution >= 4 is 28.0 Å². The maximum atomic E-state index is 12.2. The van der Waals surface area contributed by atoms with Crippen LogP contribution >= 0.6 is 11.3 Å². The first-order valence-electron chi connectivity index (χ1n) is 7.22. The number of hydrogen-bond donors (Lipinski definition) is 1. The van der Waals surface area contributed by atoms with E-state index in [4.69, 9.17) is 10.5 Å². The molecule has 0 saturated carbocycles. The summed E-state index contributed by atoms with van der Waals surface area (Å²) >= 11 is 1.29. The zero-order valence-electron chi connectivity index (χ0n) is 12.7. The molecule has 1 fully saturated rings. The predicted molar refractivity (Wildman–Crippen MR) is 84.6 cm³/mol. The average Bonchev–Trinajstić information content (AvgIpc) is 2.75. The van der Waals surface area contributed by atoms with E-state index < -0.39 is 5.97 Å². The fourth-order valence-corrected chi connectivity index (χ4v) is 3.99. The molecule has 2 rings (SSSR count). The van der Waals surface area contributed by atoms with E-state index in [1.807, 2.05) is 0 Å². The van der Waals surface area contributed by atoms with Crippen molar-refractivity contribution in [3.63, 3.8) is 0 Å². The Bertz CT molecular complexity index is 566. The molecule has 114 valence electrons. The van der Waals surface area contributed by atoms with Gasteiger partial charge >= 0.3 is 5.97 Å². The number of nitriles is 1. The minimum absolute atomic E-state index is 0.252. The van der Waals surface area contributed by atoms with Gasteiger partial charge in [-0.25, -0.2) is 4.79 Å². The van der Waals surface area contributed by atoms with Crippen molar-refractivity contribution in [2.75, 3.05) is 30.3 Å². The predicted octanol–water partition coefficient (Wildman–Crippen LogP) is 2.86. The Morgan fingerprint density at radius 2 is 2.10 bits per heavy atom. The summed E-state index contributed by atoms with van der Waals surface area (Å²) in [6.07, 6.45) is 1.18. The molecule has 2 atom stereocenters. The van der Waals surface area contributed by atoms with Gasteiger partial charge in [0, 0.05) is 13.1 Å². The van der Waals surface area contributed by atoms with Crippen molar-refractivity contribution in [2.24, 2.45) is 11.8 Å². The van der Waals surface area contributed by atoms with Gasteiger partial charge in [0.05, 0.1) is 12.3 Å². The molecule has 1 aliphatic rings. The van der Waals surface area contributed by atoms with Gasteiger partial charge in [0.15, 0.2) is 0 Å². The number of piperidine rings is 1. The Kier molecular flexibility index (Phi) is 4.73. The minimum atomic E-state index is -0.436. The van der Waals surface area contributed by atoms with Crippen LogP contribution in [0, 0.1) is 23.2 Å². The topological polar surface area (TPSA) is 79.3 Å². The van der Waals surface area contributed by atoms with Crippen molar-refractivity contribution in [2.45, 2.75) is 27.2 Å². The van der Waals surface area contributed by atoms with E-state index in [1.165, 1.54) is 17.8 Å². The number of thiophene rings is 1. The van der Waals surface area contributed by atoms with Crippen LogP contribution in [-0.2, 0) is 4.74 Å². The minimum Gasteiger partial charge on any atom is -0.462 e. The molecule has 5 nitrogen and oxygen atoms in total. The van der Waals surface area contributed by atoms with Crippen LogP contribution in [0.1, 0.15) is 42.4 Å². The highest BCUT2D eigenvalue weighted by atomic mass is 32.1. The van der Waals surface area contributed by atoms with E-state index in [0.717, 1.165) is 18.1 Å². The zero-order chi connectivity index (χ0) is 15.6. The second-order valence-corrected chi connectivity index (χ2v) is 6.71. The van der Waals surface area contributed by atoms with E-state index in [0.29, 0.717) is 28.9 Å². The monoisotopic (exact) mass is 307 g/mol. The van der Waals surface area contributed by atoms with Gasteiger partial charge in [-0.3, -0.25) is 0 Å². The Hall–Kier alpha value is -1.74. The number of anilines is 2. The molecule has 0 aliphatic carbocycles. The van der Waals surface area contributed by atoms with Crippen LogP contribution in [-0.4, -0.2) is 25.7 Å². The first kappa shape index (κ1) is 15.6. The number of carbonyl (C=O) groups is 1. The van der Waals surface area contributed by atoms with Crippen LogP contribution in [0.2, 0.25) is 0 Å². The molecule has 0 radical (unpaired) electrons. The Morgan fingerprint density at radius 3 is 2.62 bits per heavy atom. The summed E-state index contributed by atoms with van der Waals surface area (Å²) in [4.78, 5) is 14.8. The van der Waals surface area contributed by atoms with Gasteiger partial charge in [-0.2, -0.15) is 5.26 Å². The van der Waals surface area contributed by atoms with E-state index in [9.17, 15) is 10.1 Å². The number of ether oxygens (including phenoxy) is 1. The molecule has 21 heavy (non-hydrogen) atoms. The molecule has 1 aromatic rings. The van der Waals surface area contributed by atoms with Gasteiger partial charge in [-0.1, -0.05) is 13.8 Å². The third kappa shape index (κ3) is 3.13. The first-order chi connectivity index (χ1) is 9.97. The van der Waals surface area contributed by atoms with Crippen molar-refractivity contribution in [1.29, 1.82) is 5.26 Å². The van der Waals surface area contributed by atoms with E-state index >= 15 is 0 Å². The van der Waals surface area contributed by atoms with E-state index in [1.54, 1.807) is 6.92 Å². The largest absolute Gasteiger partial charge is 0.462 e. The van der Waals surface area contributed by atoms with Crippen molar-refractivity contribution in [3.8, 4) is 6.07 Å². The Morgan fingerprint density at radius 1 is 1.48 bits per heavy atom. The fraction of sp³-hybridized carbons (Fsp3) is 0.600. The average molecular weight is 307 g/mol. The van der Waals surface area contributed by atoms with Crippen molar-refractivity contribution < 1.29 is 9.53 Å². The van der Waals surface area contributed by atoms with Gasteiger partial charge in [-0.05, 0) is 25.2 Å². The Balaban J connectivity index is 2.42. The van der Waals surface area contributed by atoms with E-state index in [2.05, 4.69) is 24.8 Å². The smallest absolute Gasteiger partial charge is 0.343 e. The summed E-state index contributed by atoms with van der Waals surface area (Å²) in [7, 11) is 0. The van der Waals surface area contributed by atoms with Crippen LogP contribution in [0.4, 0.5) is 10.7 Å². The lowest BCUT2D eigenvalue weighted by molar-refractivity contribution is 0.0528. The SMILES string of the molecule is CCOC(=O)c1c(N2CC(C)CC(C)C2)sc(C#N)c1N. The molecule has 2 unspecified atom stereocenters. The molecule has 2 N–H and O–H groups in total. The lowest BCUT2D eigenvalue weighted by Gasteiger charge is -2.36. The zero-order valence-corrected chi connectivity index (χ0v) is 13.5. The highest BCUT2D eigenvalue weighted by molar-refractivity contribution is 7.17. The highest BCUT2D eigenvalue weighted by Crippen LogP contribution is 2.40. The maximum absolute atomic E-state index is 12.2. The molecular formula is C15H21N3O2S. The van der Waals surface area contributed by atoms with Gasteiger partial charge < -0.3 is 15.4 Å². The normalized spacial score (nSPS) is 21.9. The van der Waals surface area contributed by atoms with Gasteiger partial charge in [0.2, 0.25) is 0 Å². The second kappa shape index (κ2) is 6.35. The quantitative estimate of drug-likeness (QED) is 0.869. The molecule has 1 saturated heterocycles. The van der Waals surface area contributed by atoms with Crippen molar-refractivity contribution in [3.05, 3.63) is 10.4 Å². The van der Waals surface area contributed by atoms with Crippen LogP contribution in [0.5, 0.6) is 0 Å². The second-order valence-electron chi connectivity index (χ2n) is 5.71. The van der Waals surface area contributed by atoms with Crippen LogP contribution in [0.15, 0.2) is 0 Å². The molecule has 1 aromatic heterocycles. The molecule has 6 heteroatoms. The molecule has 1 aliphatic heterocycles. The summed E-state index contributed by atoms with van der Waals surface area (Å²) in [5, 5.41) is 9.96.